The Kier molecular flexibility index (Phi) is 5.35. The van der Waals surface area contributed by atoms with E-state index in [0.717, 1.165) is 18.7 Å². The van der Waals surface area contributed by atoms with E-state index < -0.39 is 23.7 Å². The second-order valence-electron chi connectivity index (χ2n) is 8.47. The number of amides is 2. The summed E-state index contributed by atoms with van der Waals surface area (Å²) in [5, 5.41) is 11.7. The van der Waals surface area contributed by atoms with E-state index in [4.69, 9.17) is 9.84 Å². The zero-order valence-corrected chi connectivity index (χ0v) is 17.7. The highest BCUT2D eigenvalue weighted by atomic mass is 19.3. The molecule has 0 spiro atoms. The topological polar surface area (TPSA) is 108 Å². The summed E-state index contributed by atoms with van der Waals surface area (Å²) in [6.45, 7) is 1.35. The molecule has 9 nitrogen and oxygen atoms in total. The smallest absolute Gasteiger partial charge is 0.329 e. The normalized spacial score (nSPS) is 22.0. The maximum absolute atomic E-state index is 13.3. The first-order valence-electron chi connectivity index (χ1n) is 10.8. The Morgan fingerprint density at radius 2 is 2.12 bits per heavy atom. The molecule has 174 valence electrons. The van der Waals surface area contributed by atoms with Crippen LogP contribution in [0.1, 0.15) is 29.8 Å². The van der Waals surface area contributed by atoms with Gasteiger partial charge in [-0.3, -0.25) is 15.0 Å². The second-order valence-corrected chi connectivity index (χ2v) is 8.47. The van der Waals surface area contributed by atoms with Gasteiger partial charge in [0.25, 0.3) is 5.92 Å². The molecule has 1 saturated heterocycles. The van der Waals surface area contributed by atoms with Gasteiger partial charge >= 0.3 is 6.03 Å². The van der Waals surface area contributed by atoms with Gasteiger partial charge in [0.05, 0.1) is 18.3 Å². The van der Waals surface area contributed by atoms with E-state index in [0.29, 0.717) is 18.1 Å². The Morgan fingerprint density at radius 3 is 2.88 bits per heavy atom. The minimum atomic E-state index is -2.77. The number of urea groups is 1. The fraction of sp³-hybridized carbons (Fsp3) is 0.455. The van der Waals surface area contributed by atoms with Crippen LogP contribution >= 0.6 is 0 Å². The van der Waals surface area contributed by atoms with Crippen molar-refractivity contribution >= 4 is 29.1 Å². The van der Waals surface area contributed by atoms with Gasteiger partial charge in [0, 0.05) is 44.1 Å². The molecule has 2 aromatic heterocycles. The molecular weight excluding hydrogens is 436 g/mol. The van der Waals surface area contributed by atoms with Crippen molar-refractivity contribution in [2.24, 2.45) is 5.92 Å². The van der Waals surface area contributed by atoms with Crippen LogP contribution in [-0.4, -0.2) is 65.2 Å². The lowest BCUT2D eigenvalue weighted by atomic mass is 10.1. The number of rotatable bonds is 7. The Bertz CT molecular complexity index is 1100. The monoisotopic (exact) mass is 459 g/mol. The van der Waals surface area contributed by atoms with E-state index in [9.17, 15) is 18.4 Å². The molecule has 2 fully saturated rings. The molecule has 1 aliphatic carbocycles. The number of carbonyl (C=O) groups is 2. The number of hydrogen-bond donors (Lipinski definition) is 2. The van der Waals surface area contributed by atoms with Crippen LogP contribution in [0.25, 0.3) is 0 Å². The SMILES string of the molecule is O=C(C[C@@H]1CC1(F)F)c1ccc2c(n1)N(C(=O)Nc1cc(OCCO)ccn1)[C@H]1CCN2C1. The molecule has 2 aliphatic heterocycles. The molecule has 0 radical (unpaired) electrons. The summed E-state index contributed by atoms with van der Waals surface area (Å²) in [5.41, 5.74) is 0.800. The van der Waals surface area contributed by atoms with Crippen molar-refractivity contribution in [2.75, 3.05) is 41.4 Å². The number of carbonyl (C=O) groups excluding carboxylic acids is 2. The maximum Gasteiger partial charge on any atom is 0.329 e. The zero-order chi connectivity index (χ0) is 23.2. The number of halogens is 2. The molecule has 2 bridgehead atoms. The molecule has 1 saturated carbocycles. The van der Waals surface area contributed by atoms with Crippen LogP contribution in [-0.2, 0) is 0 Å². The summed E-state index contributed by atoms with van der Waals surface area (Å²) in [6, 6.07) is 5.82. The lowest BCUT2D eigenvalue weighted by Gasteiger charge is -2.35. The van der Waals surface area contributed by atoms with Crippen molar-refractivity contribution in [1.29, 1.82) is 0 Å². The number of aliphatic hydroxyl groups is 1. The second kappa shape index (κ2) is 8.22. The molecule has 2 amide bonds. The third-order valence-electron chi connectivity index (χ3n) is 6.17. The van der Waals surface area contributed by atoms with E-state index in [2.05, 4.69) is 20.2 Å². The summed E-state index contributed by atoms with van der Waals surface area (Å²) in [6.07, 6.45) is 1.67. The fourth-order valence-electron chi connectivity index (χ4n) is 4.35. The number of anilines is 3. The minimum absolute atomic E-state index is 0.0780. The van der Waals surface area contributed by atoms with Gasteiger partial charge in [0.15, 0.2) is 11.6 Å². The fourth-order valence-corrected chi connectivity index (χ4v) is 4.35. The van der Waals surface area contributed by atoms with Crippen LogP contribution in [0.3, 0.4) is 0 Å². The van der Waals surface area contributed by atoms with Gasteiger partial charge < -0.3 is 14.7 Å². The Hall–Kier alpha value is -3.34. The predicted molar refractivity (Wildman–Crippen MR) is 115 cm³/mol. The summed E-state index contributed by atoms with van der Waals surface area (Å²) >= 11 is 0. The Balaban J connectivity index is 1.38. The van der Waals surface area contributed by atoms with Gasteiger partial charge in [-0.2, -0.15) is 0 Å². The van der Waals surface area contributed by atoms with Gasteiger partial charge in [0.2, 0.25) is 0 Å². The molecule has 5 rings (SSSR count). The van der Waals surface area contributed by atoms with Crippen molar-refractivity contribution in [1.82, 2.24) is 9.97 Å². The average molecular weight is 459 g/mol. The van der Waals surface area contributed by atoms with Gasteiger partial charge in [0.1, 0.15) is 23.9 Å². The number of ketones is 1. The van der Waals surface area contributed by atoms with Gasteiger partial charge in [-0.15, -0.1) is 0 Å². The van der Waals surface area contributed by atoms with E-state index >= 15 is 0 Å². The third kappa shape index (κ3) is 4.20. The number of pyridine rings is 2. The zero-order valence-electron chi connectivity index (χ0n) is 17.7. The Labute approximate surface area is 188 Å². The minimum Gasteiger partial charge on any atom is -0.491 e. The van der Waals surface area contributed by atoms with E-state index in [1.54, 1.807) is 24.3 Å². The molecule has 0 aromatic carbocycles. The van der Waals surface area contributed by atoms with Gasteiger partial charge in [-0.1, -0.05) is 0 Å². The molecule has 0 unspecified atom stereocenters. The van der Waals surface area contributed by atoms with Crippen molar-refractivity contribution in [3.63, 3.8) is 0 Å². The standard InChI is InChI=1S/C22H23F2N5O4/c23-22(24)11-13(22)9-18(31)16-1-2-17-20(26-16)29(14-4-6-28(17)12-14)21(32)27-19-10-15(3-5-25-19)33-8-7-30/h1-3,5,10,13-14,30H,4,6-9,11-12H2,(H,25,27,32)/t13-,14+/m1/s1. The first-order valence-corrected chi connectivity index (χ1v) is 10.8. The third-order valence-corrected chi connectivity index (χ3v) is 6.17. The van der Waals surface area contributed by atoms with Crippen LogP contribution in [0.4, 0.5) is 30.9 Å². The first kappa shape index (κ1) is 21.5. The lowest BCUT2D eigenvalue weighted by Crippen LogP contribution is -2.48. The molecule has 2 aromatic rings. The summed E-state index contributed by atoms with van der Waals surface area (Å²) in [7, 11) is 0. The van der Waals surface area contributed by atoms with E-state index in [-0.39, 0.29) is 43.6 Å². The van der Waals surface area contributed by atoms with Crippen molar-refractivity contribution in [3.05, 3.63) is 36.2 Å². The largest absolute Gasteiger partial charge is 0.491 e. The summed E-state index contributed by atoms with van der Waals surface area (Å²) < 4.78 is 31.9. The number of fused-ring (bicyclic) bond motifs is 4. The highest BCUT2D eigenvalue weighted by Gasteiger charge is 2.57. The lowest BCUT2D eigenvalue weighted by molar-refractivity contribution is 0.0830. The summed E-state index contributed by atoms with van der Waals surface area (Å²) in [5.74, 6) is -3.12. The van der Waals surface area contributed by atoms with Crippen LogP contribution < -0.4 is 19.9 Å². The average Bonchev–Trinajstić information content (AvgIpc) is 3.18. The first-order chi connectivity index (χ1) is 15.9. The predicted octanol–water partition coefficient (Wildman–Crippen LogP) is 2.71. The summed E-state index contributed by atoms with van der Waals surface area (Å²) in [4.78, 5) is 38.0. The van der Waals surface area contributed by atoms with Gasteiger partial charge in [-0.05, 0) is 24.6 Å². The molecule has 11 heteroatoms. The highest BCUT2D eigenvalue weighted by Crippen LogP contribution is 2.51. The van der Waals surface area contributed by atoms with Crippen LogP contribution in [0.2, 0.25) is 0 Å². The number of aromatic nitrogens is 2. The quantitative estimate of drug-likeness (QED) is 0.613. The van der Waals surface area contributed by atoms with Crippen LogP contribution in [0, 0.1) is 5.92 Å². The highest BCUT2D eigenvalue weighted by molar-refractivity contribution is 6.05. The molecule has 3 aliphatic rings. The molecular formula is C22H23F2N5O4. The van der Waals surface area contributed by atoms with Crippen molar-refractivity contribution in [3.8, 4) is 5.75 Å². The van der Waals surface area contributed by atoms with Gasteiger partial charge in [-0.25, -0.2) is 23.5 Å². The molecule has 4 heterocycles. The number of aliphatic hydroxyl groups excluding tert-OH is 1. The molecule has 2 atom stereocenters. The van der Waals surface area contributed by atoms with Crippen LogP contribution in [0.5, 0.6) is 5.75 Å². The Morgan fingerprint density at radius 1 is 1.30 bits per heavy atom. The number of nitrogens with one attached hydrogen (secondary N) is 1. The number of hydrogen-bond acceptors (Lipinski definition) is 7. The van der Waals surface area contributed by atoms with Crippen molar-refractivity contribution in [2.45, 2.75) is 31.2 Å². The number of nitrogens with zero attached hydrogens (tertiary/aromatic N) is 4. The van der Waals surface area contributed by atoms with E-state index in [1.807, 2.05) is 0 Å². The molecule has 33 heavy (non-hydrogen) atoms. The number of Topliss-reactive ketones (excluding diaryl/α,β-unsaturated/α-hetero) is 1. The van der Waals surface area contributed by atoms with Crippen molar-refractivity contribution < 1.29 is 28.2 Å². The maximum atomic E-state index is 13.3. The van der Waals surface area contributed by atoms with E-state index in [1.165, 1.54) is 11.1 Å². The number of alkyl halides is 2. The number of ether oxygens (including phenoxy) is 1. The molecule has 2 N–H and O–H groups in total. The van der Waals surface area contributed by atoms with Crippen LogP contribution in [0.15, 0.2) is 30.5 Å².